The van der Waals surface area contributed by atoms with Gasteiger partial charge in [-0.15, -0.1) is 0 Å². The number of carbonyl (C=O) groups excluding carboxylic acids is 1. The van der Waals surface area contributed by atoms with E-state index in [1.807, 2.05) is 25.1 Å². The molecule has 5 nitrogen and oxygen atoms in total. The molecule has 1 aromatic carbocycles. The molecule has 110 valence electrons. The molecule has 2 aromatic heterocycles. The van der Waals surface area contributed by atoms with E-state index < -0.39 is 5.91 Å². The number of pyridine rings is 1. The highest BCUT2D eigenvalue weighted by molar-refractivity contribution is 9.10. The molecule has 6 heteroatoms. The van der Waals surface area contributed by atoms with Crippen LogP contribution in [0.15, 0.2) is 58.1 Å². The van der Waals surface area contributed by atoms with Crippen molar-refractivity contribution in [2.75, 3.05) is 5.32 Å². The van der Waals surface area contributed by atoms with E-state index in [0.717, 1.165) is 10.0 Å². The van der Waals surface area contributed by atoms with Crippen molar-refractivity contribution in [3.63, 3.8) is 0 Å². The second-order valence-electron chi connectivity index (χ2n) is 4.87. The summed E-state index contributed by atoms with van der Waals surface area (Å²) in [7, 11) is 0. The molecular formula is C16H12BrN3O2. The van der Waals surface area contributed by atoms with Gasteiger partial charge < -0.3 is 5.32 Å². The molecule has 2 heterocycles. The number of anilines is 1. The summed E-state index contributed by atoms with van der Waals surface area (Å²) in [4.78, 5) is 28.8. The number of halogens is 1. The Hall–Kier alpha value is -2.47. The van der Waals surface area contributed by atoms with Gasteiger partial charge in [-0.2, -0.15) is 0 Å². The van der Waals surface area contributed by atoms with Crippen LogP contribution < -0.4 is 10.9 Å². The third-order valence-corrected chi connectivity index (χ3v) is 3.73. The predicted molar refractivity (Wildman–Crippen MR) is 88.3 cm³/mol. The van der Waals surface area contributed by atoms with Crippen LogP contribution in [0.4, 0.5) is 5.69 Å². The Morgan fingerprint density at radius 1 is 1.18 bits per heavy atom. The molecule has 1 N–H and O–H groups in total. The Kier molecular flexibility index (Phi) is 3.77. The Morgan fingerprint density at radius 2 is 1.91 bits per heavy atom. The van der Waals surface area contributed by atoms with Gasteiger partial charge in [-0.05, 0) is 42.8 Å². The van der Waals surface area contributed by atoms with E-state index >= 15 is 0 Å². The van der Waals surface area contributed by atoms with Crippen molar-refractivity contribution in [1.29, 1.82) is 0 Å². The number of carbonyl (C=O) groups is 1. The van der Waals surface area contributed by atoms with E-state index in [-0.39, 0.29) is 11.1 Å². The Labute approximate surface area is 134 Å². The molecule has 22 heavy (non-hydrogen) atoms. The monoisotopic (exact) mass is 357 g/mol. The van der Waals surface area contributed by atoms with Crippen molar-refractivity contribution in [3.8, 4) is 0 Å². The van der Waals surface area contributed by atoms with Crippen molar-refractivity contribution in [3.05, 3.63) is 74.7 Å². The van der Waals surface area contributed by atoms with Gasteiger partial charge in [0.25, 0.3) is 11.5 Å². The highest BCUT2D eigenvalue weighted by Crippen LogP contribution is 2.14. The molecule has 0 saturated carbocycles. The quantitative estimate of drug-likeness (QED) is 0.766. The molecule has 0 bridgehead atoms. The zero-order chi connectivity index (χ0) is 15.7. The number of hydrogen-bond acceptors (Lipinski definition) is 3. The van der Waals surface area contributed by atoms with E-state index in [4.69, 9.17) is 0 Å². The molecule has 0 saturated heterocycles. The first kappa shape index (κ1) is 14.5. The van der Waals surface area contributed by atoms with Crippen molar-refractivity contribution in [2.24, 2.45) is 0 Å². The van der Waals surface area contributed by atoms with E-state index in [1.165, 1.54) is 10.6 Å². The van der Waals surface area contributed by atoms with Gasteiger partial charge in [-0.1, -0.05) is 22.0 Å². The Bertz CT molecular complexity index is 917. The SMILES string of the molecule is Cc1ccc2ncc(C(=O)Nc3ccc(Br)cc3)c(=O)n2c1. The van der Waals surface area contributed by atoms with Crippen LogP contribution in [0.3, 0.4) is 0 Å². The number of hydrogen-bond donors (Lipinski definition) is 1. The summed E-state index contributed by atoms with van der Waals surface area (Å²) in [6.45, 7) is 1.88. The maximum Gasteiger partial charge on any atom is 0.270 e. The molecule has 1 amide bonds. The van der Waals surface area contributed by atoms with E-state index in [9.17, 15) is 9.59 Å². The normalized spacial score (nSPS) is 10.6. The molecule has 3 rings (SSSR count). The smallest absolute Gasteiger partial charge is 0.270 e. The molecule has 0 fully saturated rings. The molecule has 0 aliphatic heterocycles. The maximum absolute atomic E-state index is 12.4. The van der Waals surface area contributed by atoms with Crippen LogP contribution in [-0.4, -0.2) is 15.3 Å². The summed E-state index contributed by atoms with van der Waals surface area (Å²) >= 11 is 3.33. The summed E-state index contributed by atoms with van der Waals surface area (Å²) in [6.07, 6.45) is 2.97. The van der Waals surface area contributed by atoms with Gasteiger partial charge in [0, 0.05) is 22.6 Å². The lowest BCUT2D eigenvalue weighted by atomic mass is 10.2. The first-order valence-electron chi connectivity index (χ1n) is 6.59. The fourth-order valence-electron chi connectivity index (χ4n) is 2.07. The number of fused-ring (bicyclic) bond motifs is 1. The number of aromatic nitrogens is 2. The largest absolute Gasteiger partial charge is 0.322 e. The fourth-order valence-corrected chi connectivity index (χ4v) is 2.33. The van der Waals surface area contributed by atoms with Gasteiger partial charge in [0.1, 0.15) is 11.2 Å². The molecule has 0 unspecified atom stereocenters. The van der Waals surface area contributed by atoms with Crippen LogP contribution in [0.1, 0.15) is 15.9 Å². The average molecular weight is 358 g/mol. The lowest BCUT2D eigenvalue weighted by molar-refractivity contribution is 0.102. The number of rotatable bonds is 2. The minimum atomic E-state index is -0.476. The molecule has 0 radical (unpaired) electrons. The first-order valence-corrected chi connectivity index (χ1v) is 7.39. The second-order valence-corrected chi connectivity index (χ2v) is 5.79. The Morgan fingerprint density at radius 3 is 2.64 bits per heavy atom. The van der Waals surface area contributed by atoms with Crippen molar-refractivity contribution < 1.29 is 4.79 Å². The maximum atomic E-state index is 12.4. The van der Waals surface area contributed by atoms with Gasteiger partial charge in [0.2, 0.25) is 0 Å². The highest BCUT2D eigenvalue weighted by Gasteiger charge is 2.13. The molecule has 3 aromatic rings. The summed E-state index contributed by atoms with van der Waals surface area (Å²) < 4.78 is 2.29. The lowest BCUT2D eigenvalue weighted by Crippen LogP contribution is -2.26. The third-order valence-electron chi connectivity index (χ3n) is 3.20. The molecule has 0 atom stereocenters. The zero-order valence-electron chi connectivity index (χ0n) is 11.7. The number of nitrogens with one attached hydrogen (secondary N) is 1. The highest BCUT2D eigenvalue weighted by atomic mass is 79.9. The molecule has 0 spiro atoms. The van der Waals surface area contributed by atoms with E-state index in [0.29, 0.717) is 11.3 Å². The first-order chi connectivity index (χ1) is 10.5. The van der Waals surface area contributed by atoms with Crippen LogP contribution in [-0.2, 0) is 0 Å². The van der Waals surface area contributed by atoms with Crippen molar-refractivity contribution in [1.82, 2.24) is 9.38 Å². The van der Waals surface area contributed by atoms with Gasteiger partial charge in [-0.25, -0.2) is 4.98 Å². The molecule has 0 aliphatic rings. The van der Waals surface area contributed by atoms with Crippen LogP contribution in [0, 0.1) is 6.92 Å². The van der Waals surface area contributed by atoms with Crippen LogP contribution in [0.25, 0.3) is 5.65 Å². The second kappa shape index (κ2) is 5.73. The fraction of sp³-hybridized carbons (Fsp3) is 0.0625. The van der Waals surface area contributed by atoms with Crippen LogP contribution in [0.5, 0.6) is 0 Å². The van der Waals surface area contributed by atoms with Gasteiger partial charge in [-0.3, -0.25) is 14.0 Å². The predicted octanol–water partition coefficient (Wildman–Crippen LogP) is 3.02. The topological polar surface area (TPSA) is 63.5 Å². The van der Waals surface area contributed by atoms with Crippen LogP contribution in [0.2, 0.25) is 0 Å². The summed E-state index contributed by atoms with van der Waals surface area (Å²) in [5.74, 6) is -0.476. The van der Waals surface area contributed by atoms with Crippen molar-refractivity contribution in [2.45, 2.75) is 6.92 Å². The minimum Gasteiger partial charge on any atom is -0.322 e. The van der Waals surface area contributed by atoms with Gasteiger partial charge in [0.15, 0.2) is 0 Å². The molecular weight excluding hydrogens is 346 g/mol. The number of aryl methyl sites for hydroxylation is 1. The number of nitrogens with zero attached hydrogens (tertiary/aromatic N) is 2. The molecule has 0 aliphatic carbocycles. The third kappa shape index (κ3) is 2.78. The van der Waals surface area contributed by atoms with E-state index in [2.05, 4.69) is 26.2 Å². The summed E-state index contributed by atoms with van der Waals surface area (Å²) in [5.41, 5.74) is 1.66. The van der Waals surface area contributed by atoms with Crippen molar-refractivity contribution >= 4 is 33.2 Å². The number of benzene rings is 1. The Balaban J connectivity index is 1.99. The van der Waals surface area contributed by atoms with Gasteiger partial charge >= 0.3 is 0 Å². The minimum absolute atomic E-state index is 0.00557. The number of amides is 1. The lowest BCUT2D eigenvalue weighted by Gasteiger charge is -2.06. The van der Waals surface area contributed by atoms with E-state index in [1.54, 1.807) is 24.4 Å². The standard InChI is InChI=1S/C16H12BrN3O2/c1-10-2-7-14-18-8-13(16(22)20(14)9-10)15(21)19-12-5-3-11(17)4-6-12/h2-9H,1H3,(H,19,21). The summed E-state index contributed by atoms with van der Waals surface area (Å²) in [6, 6.07) is 10.7. The van der Waals surface area contributed by atoms with Crippen LogP contribution >= 0.6 is 15.9 Å². The summed E-state index contributed by atoms with van der Waals surface area (Å²) in [5, 5.41) is 2.69. The van der Waals surface area contributed by atoms with Gasteiger partial charge in [0.05, 0.1) is 0 Å². The zero-order valence-corrected chi connectivity index (χ0v) is 13.3. The average Bonchev–Trinajstić information content (AvgIpc) is 2.50.